The van der Waals surface area contributed by atoms with Crippen molar-refractivity contribution in [2.24, 2.45) is 0 Å². The Bertz CT molecular complexity index is 994. The molecule has 2 N–H and O–H groups in total. The molecular weight excluding hydrogens is 340 g/mol. The molecule has 5 rings (SSSR count). The first-order chi connectivity index (χ1) is 13.3. The highest BCUT2D eigenvalue weighted by atomic mass is 16.1. The SMILES string of the molecule is O=C(Nc1cc[nH]n1)c1cccc(-c2nc(N3CCC3)nc3c2CCC3)c1. The molecule has 1 amide bonds. The summed E-state index contributed by atoms with van der Waals surface area (Å²) in [6.07, 6.45) is 5.98. The normalized spacial score (nSPS) is 15.3. The van der Waals surface area contributed by atoms with Gasteiger partial charge >= 0.3 is 0 Å². The zero-order valence-electron chi connectivity index (χ0n) is 14.9. The lowest BCUT2D eigenvalue weighted by Gasteiger charge is -2.31. The molecule has 0 bridgehead atoms. The molecule has 1 fully saturated rings. The van der Waals surface area contributed by atoms with E-state index in [0.29, 0.717) is 11.4 Å². The van der Waals surface area contributed by atoms with Gasteiger partial charge in [-0.2, -0.15) is 5.10 Å². The van der Waals surface area contributed by atoms with Crippen LogP contribution in [0.2, 0.25) is 0 Å². The predicted octanol–water partition coefficient (Wildman–Crippen LogP) is 2.82. The molecule has 2 aliphatic rings. The number of benzene rings is 1. The Morgan fingerprint density at radius 3 is 2.81 bits per heavy atom. The van der Waals surface area contributed by atoms with Crippen LogP contribution in [0.1, 0.15) is 34.5 Å². The lowest BCUT2D eigenvalue weighted by atomic mass is 10.0. The summed E-state index contributed by atoms with van der Waals surface area (Å²) >= 11 is 0. The van der Waals surface area contributed by atoms with E-state index in [0.717, 1.165) is 55.3 Å². The van der Waals surface area contributed by atoms with Crippen molar-refractivity contribution in [3.8, 4) is 11.3 Å². The molecule has 0 saturated carbocycles. The summed E-state index contributed by atoms with van der Waals surface area (Å²) in [5.74, 6) is 1.15. The van der Waals surface area contributed by atoms with Crippen molar-refractivity contribution in [2.75, 3.05) is 23.3 Å². The largest absolute Gasteiger partial charge is 0.341 e. The van der Waals surface area contributed by atoms with Crippen molar-refractivity contribution in [3.05, 3.63) is 53.3 Å². The second kappa shape index (κ2) is 6.50. The second-order valence-corrected chi connectivity index (χ2v) is 6.99. The summed E-state index contributed by atoms with van der Waals surface area (Å²) in [6, 6.07) is 9.36. The van der Waals surface area contributed by atoms with E-state index in [1.807, 2.05) is 24.3 Å². The minimum Gasteiger partial charge on any atom is -0.341 e. The third-order valence-electron chi connectivity index (χ3n) is 5.20. The molecule has 0 unspecified atom stereocenters. The summed E-state index contributed by atoms with van der Waals surface area (Å²) in [6.45, 7) is 2.04. The number of aryl methyl sites for hydroxylation is 1. The zero-order valence-corrected chi connectivity index (χ0v) is 14.9. The highest BCUT2D eigenvalue weighted by molar-refractivity contribution is 6.04. The first-order valence-corrected chi connectivity index (χ1v) is 9.34. The van der Waals surface area contributed by atoms with Crippen LogP contribution in [0, 0.1) is 0 Å². The van der Waals surface area contributed by atoms with E-state index >= 15 is 0 Å². The Kier molecular flexibility index (Phi) is 3.85. The fraction of sp³-hybridized carbons (Fsp3) is 0.300. The van der Waals surface area contributed by atoms with Crippen LogP contribution >= 0.6 is 0 Å². The number of hydrogen-bond acceptors (Lipinski definition) is 5. The van der Waals surface area contributed by atoms with Crippen LogP contribution in [0.15, 0.2) is 36.5 Å². The monoisotopic (exact) mass is 360 g/mol. The topological polar surface area (TPSA) is 86.8 Å². The summed E-state index contributed by atoms with van der Waals surface area (Å²) in [5.41, 5.74) is 4.91. The number of nitrogens with zero attached hydrogens (tertiary/aromatic N) is 4. The number of rotatable bonds is 4. The van der Waals surface area contributed by atoms with Gasteiger partial charge in [-0.1, -0.05) is 12.1 Å². The van der Waals surface area contributed by atoms with Gasteiger partial charge in [0.05, 0.1) is 5.69 Å². The highest BCUT2D eigenvalue weighted by Crippen LogP contribution is 2.33. The van der Waals surface area contributed by atoms with Gasteiger partial charge in [0, 0.05) is 47.7 Å². The van der Waals surface area contributed by atoms with Crippen LogP contribution in [0.5, 0.6) is 0 Å². The predicted molar refractivity (Wildman–Crippen MR) is 103 cm³/mol. The lowest BCUT2D eigenvalue weighted by Crippen LogP contribution is -2.38. The van der Waals surface area contributed by atoms with Gasteiger partial charge in [0.15, 0.2) is 5.82 Å². The Morgan fingerprint density at radius 1 is 1.11 bits per heavy atom. The Hall–Kier alpha value is -3.22. The van der Waals surface area contributed by atoms with Crippen LogP contribution in [0.4, 0.5) is 11.8 Å². The molecule has 27 heavy (non-hydrogen) atoms. The Balaban J connectivity index is 1.51. The van der Waals surface area contributed by atoms with Gasteiger partial charge in [-0.25, -0.2) is 9.97 Å². The molecule has 2 aromatic heterocycles. The number of H-pyrrole nitrogens is 1. The summed E-state index contributed by atoms with van der Waals surface area (Å²) in [7, 11) is 0. The molecular formula is C20H20N6O. The van der Waals surface area contributed by atoms with Crippen LogP contribution in [0.25, 0.3) is 11.3 Å². The molecule has 1 aromatic carbocycles. The number of hydrogen-bond donors (Lipinski definition) is 2. The molecule has 136 valence electrons. The van der Waals surface area contributed by atoms with Crippen LogP contribution in [0.3, 0.4) is 0 Å². The van der Waals surface area contributed by atoms with Gasteiger partial charge in [-0.3, -0.25) is 9.89 Å². The van der Waals surface area contributed by atoms with Crippen molar-refractivity contribution >= 4 is 17.7 Å². The van der Waals surface area contributed by atoms with Crippen LogP contribution in [-0.4, -0.2) is 39.2 Å². The van der Waals surface area contributed by atoms with Crippen molar-refractivity contribution in [3.63, 3.8) is 0 Å². The average molecular weight is 360 g/mol. The van der Waals surface area contributed by atoms with E-state index in [9.17, 15) is 4.79 Å². The van der Waals surface area contributed by atoms with E-state index in [4.69, 9.17) is 9.97 Å². The first-order valence-electron chi connectivity index (χ1n) is 9.34. The van der Waals surface area contributed by atoms with E-state index in [1.54, 1.807) is 12.3 Å². The number of carbonyl (C=O) groups excluding carboxylic acids is 1. The summed E-state index contributed by atoms with van der Waals surface area (Å²) < 4.78 is 0. The zero-order chi connectivity index (χ0) is 18.2. The van der Waals surface area contributed by atoms with Gasteiger partial charge in [-0.05, 0) is 37.8 Å². The molecule has 1 aliphatic carbocycles. The smallest absolute Gasteiger partial charge is 0.256 e. The van der Waals surface area contributed by atoms with Crippen molar-refractivity contribution in [2.45, 2.75) is 25.7 Å². The Morgan fingerprint density at radius 2 is 2.04 bits per heavy atom. The van der Waals surface area contributed by atoms with Crippen LogP contribution < -0.4 is 10.2 Å². The summed E-state index contributed by atoms with van der Waals surface area (Å²) in [5, 5.41) is 9.46. The molecule has 7 heteroatoms. The molecule has 0 radical (unpaired) electrons. The van der Waals surface area contributed by atoms with Gasteiger partial charge in [0.25, 0.3) is 5.91 Å². The molecule has 3 aromatic rings. The van der Waals surface area contributed by atoms with Crippen molar-refractivity contribution in [1.29, 1.82) is 0 Å². The van der Waals surface area contributed by atoms with E-state index in [1.165, 1.54) is 12.0 Å². The van der Waals surface area contributed by atoms with Crippen LogP contribution in [-0.2, 0) is 12.8 Å². The molecule has 0 spiro atoms. The quantitative estimate of drug-likeness (QED) is 0.747. The Labute approximate surface area is 156 Å². The molecule has 0 atom stereocenters. The maximum atomic E-state index is 12.6. The third kappa shape index (κ3) is 2.95. The number of carbonyl (C=O) groups is 1. The van der Waals surface area contributed by atoms with E-state index < -0.39 is 0 Å². The van der Waals surface area contributed by atoms with E-state index in [-0.39, 0.29) is 5.91 Å². The summed E-state index contributed by atoms with van der Waals surface area (Å²) in [4.78, 5) is 24.4. The average Bonchev–Trinajstić information content (AvgIpc) is 3.31. The second-order valence-electron chi connectivity index (χ2n) is 6.99. The number of nitrogens with one attached hydrogen (secondary N) is 2. The van der Waals surface area contributed by atoms with Gasteiger partial charge in [0.2, 0.25) is 5.95 Å². The maximum absolute atomic E-state index is 12.6. The number of aromatic nitrogens is 4. The van der Waals surface area contributed by atoms with E-state index in [2.05, 4.69) is 20.4 Å². The van der Waals surface area contributed by atoms with Crippen molar-refractivity contribution in [1.82, 2.24) is 20.2 Å². The molecule has 3 heterocycles. The minimum absolute atomic E-state index is 0.183. The number of aromatic amines is 1. The number of anilines is 2. The molecule has 7 nitrogen and oxygen atoms in total. The van der Waals surface area contributed by atoms with Gasteiger partial charge in [-0.15, -0.1) is 0 Å². The van der Waals surface area contributed by atoms with Gasteiger partial charge < -0.3 is 10.2 Å². The number of fused-ring (bicyclic) bond motifs is 1. The highest BCUT2D eigenvalue weighted by Gasteiger charge is 2.25. The molecule has 1 aliphatic heterocycles. The van der Waals surface area contributed by atoms with Crippen molar-refractivity contribution < 1.29 is 4.79 Å². The minimum atomic E-state index is -0.183. The molecule has 1 saturated heterocycles. The fourth-order valence-electron chi connectivity index (χ4n) is 3.64. The van der Waals surface area contributed by atoms with Gasteiger partial charge in [0.1, 0.15) is 0 Å². The lowest BCUT2D eigenvalue weighted by molar-refractivity contribution is 0.102. The maximum Gasteiger partial charge on any atom is 0.256 e. The number of amides is 1. The standard InChI is InChI=1S/C20H20N6O/c27-19(23-17-8-9-21-25-17)14-5-1-4-13(12-14)18-15-6-2-7-16(15)22-20(24-18)26-10-3-11-26/h1,4-5,8-9,12H,2-3,6-7,10-11H2,(H2,21,23,25,27). The third-order valence-corrected chi connectivity index (χ3v) is 5.20. The fourth-order valence-corrected chi connectivity index (χ4v) is 3.64. The first kappa shape index (κ1) is 16.0.